The second-order valence-electron chi connectivity index (χ2n) is 7.19. The van der Waals surface area contributed by atoms with Crippen molar-refractivity contribution in [2.24, 2.45) is 0 Å². The summed E-state index contributed by atoms with van der Waals surface area (Å²) in [5.41, 5.74) is 1.91. The zero-order valence-electron chi connectivity index (χ0n) is 17.8. The molecule has 2 N–H and O–H groups in total. The molecule has 3 heterocycles. The van der Waals surface area contributed by atoms with E-state index in [0.29, 0.717) is 53.3 Å². The third-order valence-corrected chi connectivity index (χ3v) is 5.06. The molecule has 0 saturated carbocycles. The Kier molecular flexibility index (Phi) is 6.55. The summed E-state index contributed by atoms with van der Waals surface area (Å²) in [6, 6.07) is 14.4. The molecule has 1 amide bonds. The Hall–Kier alpha value is -3.91. The summed E-state index contributed by atoms with van der Waals surface area (Å²) in [5.74, 6) is 2.28. The average molecular weight is 468 g/mol. The highest BCUT2D eigenvalue weighted by Gasteiger charge is 2.20. The minimum Gasteiger partial charge on any atom is -0.493 e. The largest absolute Gasteiger partial charge is 0.493 e. The van der Waals surface area contributed by atoms with Gasteiger partial charge in [0.15, 0.2) is 11.5 Å². The third-order valence-electron chi connectivity index (χ3n) is 5.06. The van der Waals surface area contributed by atoms with Crippen molar-refractivity contribution in [2.75, 3.05) is 25.6 Å². The van der Waals surface area contributed by atoms with Crippen molar-refractivity contribution in [1.82, 2.24) is 9.97 Å². The number of nitrogens with one attached hydrogen (secondary N) is 2. The van der Waals surface area contributed by atoms with Gasteiger partial charge in [-0.05, 0) is 36.4 Å². The van der Waals surface area contributed by atoms with Crippen LogP contribution in [-0.2, 0) is 0 Å². The molecule has 0 unspecified atom stereocenters. The van der Waals surface area contributed by atoms with E-state index >= 15 is 0 Å². The lowest BCUT2D eigenvalue weighted by Gasteiger charge is -2.14. The maximum Gasteiger partial charge on any atom is 0.255 e. The van der Waals surface area contributed by atoms with Crippen LogP contribution in [0.15, 0.2) is 60.9 Å². The molecular formula is C24H22ClN3O5. The van der Waals surface area contributed by atoms with Crippen LogP contribution in [0.2, 0.25) is 0 Å². The van der Waals surface area contributed by atoms with Gasteiger partial charge in [0.25, 0.3) is 5.91 Å². The summed E-state index contributed by atoms with van der Waals surface area (Å²) in [6.07, 6.45) is 4.17. The van der Waals surface area contributed by atoms with Crippen molar-refractivity contribution in [2.45, 2.75) is 6.42 Å². The number of benzene rings is 2. The predicted molar refractivity (Wildman–Crippen MR) is 126 cm³/mol. The minimum atomic E-state index is -0.313. The topological polar surface area (TPSA) is 94.7 Å². The molecule has 1 aliphatic rings. The number of rotatable bonds is 5. The molecule has 33 heavy (non-hydrogen) atoms. The van der Waals surface area contributed by atoms with Gasteiger partial charge in [-0.15, -0.1) is 12.4 Å². The van der Waals surface area contributed by atoms with Crippen LogP contribution in [0, 0.1) is 0 Å². The first-order chi connectivity index (χ1) is 15.7. The van der Waals surface area contributed by atoms with Gasteiger partial charge in [-0.3, -0.25) is 4.79 Å². The highest BCUT2D eigenvalue weighted by Crippen LogP contribution is 2.40. The van der Waals surface area contributed by atoms with Crippen LogP contribution < -0.4 is 24.3 Å². The van der Waals surface area contributed by atoms with Gasteiger partial charge in [0, 0.05) is 35.2 Å². The molecule has 4 aromatic rings. The molecule has 0 radical (unpaired) electrons. The minimum absolute atomic E-state index is 0. The highest BCUT2D eigenvalue weighted by molar-refractivity contribution is 6.05. The maximum absolute atomic E-state index is 12.8. The number of methoxy groups -OCH3 is 1. The number of H-pyrrole nitrogens is 1. The van der Waals surface area contributed by atoms with E-state index in [9.17, 15) is 4.79 Å². The van der Waals surface area contributed by atoms with Gasteiger partial charge in [0.05, 0.1) is 32.2 Å². The Morgan fingerprint density at radius 3 is 2.79 bits per heavy atom. The number of aromatic nitrogens is 2. The number of amides is 1. The van der Waals surface area contributed by atoms with E-state index in [1.165, 1.54) is 7.11 Å². The molecule has 0 atom stereocenters. The smallest absolute Gasteiger partial charge is 0.255 e. The Bertz CT molecular complexity index is 1270. The molecule has 9 heteroatoms. The quantitative estimate of drug-likeness (QED) is 0.419. The summed E-state index contributed by atoms with van der Waals surface area (Å²) < 4.78 is 22.7. The number of anilines is 1. The molecular weight excluding hydrogens is 446 g/mol. The monoisotopic (exact) mass is 467 g/mol. The average Bonchev–Trinajstić information content (AvgIpc) is 3.18. The number of carbonyl (C=O) groups excluding carboxylic acids is 1. The standard InChI is InChI=1S/C24H21N3O5.ClH/c1-29-20-12-15(13-21-23(20)31-11-3-10-30-21)24(28)27-16-6-7-22(26-14-16)32-19-5-2-4-18-17(19)8-9-25-18;/h2,4-9,12-14,25H,3,10-11H2,1H3,(H,27,28);1H. The number of nitrogens with zero attached hydrogens (tertiary/aromatic N) is 1. The SMILES string of the molecule is COc1cc(C(=O)Nc2ccc(Oc3cccc4[nH]ccc34)nc2)cc2c1OCCCO2.Cl. The molecule has 2 aromatic heterocycles. The zero-order valence-corrected chi connectivity index (χ0v) is 18.6. The number of carbonyl (C=O) groups is 1. The van der Waals surface area contributed by atoms with Gasteiger partial charge in [0.2, 0.25) is 11.6 Å². The number of aromatic amines is 1. The third kappa shape index (κ3) is 4.65. The molecule has 8 nitrogen and oxygen atoms in total. The molecule has 2 aromatic carbocycles. The van der Waals surface area contributed by atoms with Gasteiger partial charge in [-0.2, -0.15) is 0 Å². The van der Waals surface area contributed by atoms with Crippen molar-refractivity contribution in [1.29, 1.82) is 0 Å². The van der Waals surface area contributed by atoms with Crippen molar-refractivity contribution < 1.29 is 23.7 Å². The lowest BCUT2D eigenvalue weighted by atomic mass is 10.1. The van der Waals surface area contributed by atoms with Crippen molar-refractivity contribution in [3.8, 4) is 28.9 Å². The molecule has 0 saturated heterocycles. The first kappa shape index (κ1) is 22.3. The summed E-state index contributed by atoms with van der Waals surface area (Å²) >= 11 is 0. The number of fused-ring (bicyclic) bond motifs is 2. The van der Waals surface area contributed by atoms with Crippen molar-refractivity contribution in [3.05, 3.63) is 66.5 Å². The number of hydrogen-bond acceptors (Lipinski definition) is 6. The Balaban J connectivity index is 0.00000259. The van der Waals surface area contributed by atoms with Crippen molar-refractivity contribution in [3.63, 3.8) is 0 Å². The normalized spacial score (nSPS) is 12.4. The second-order valence-corrected chi connectivity index (χ2v) is 7.19. The fraction of sp³-hybridized carbons (Fsp3) is 0.167. The van der Waals surface area contributed by atoms with E-state index in [-0.39, 0.29) is 18.3 Å². The molecule has 1 aliphatic heterocycles. The van der Waals surface area contributed by atoms with E-state index in [0.717, 1.165) is 17.3 Å². The number of hydrogen-bond donors (Lipinski definition) is 2. The number of pyridine rings is 1. The summed E-state index contributed by atoms with van der Waals surface area (Å²) in [4.78, 5) is 20.3. The fourth-order valence-corrected chi connectivity index (χ4v) is 3.50. The van der Waals surface area contributed by atoms with Gasteiger partial charge in [-0.1, -0.05) is 6.07 Å². The van der Waals surface area contributed by atoms with Crippen molar-refractivity contribution >= 4 is 34.9 Å². The van der Waals surface area contributed by atoms with Crippen LogP contribution in [0.5, 0.6) is 28.9 Å². The first-order valence-corrected chi connectivity index (χ1v) is 10.2. The summed E-state index contributed by atoms with van der Waals surface area (Å²) in [7, 11) is 1.53. The molecule has 0 spiro atoms. The predicted octanol–water partition coefficient (Wildman–Crippen LogP) is 5.20. The molecule has 170 valence electrons. The highest BCUT2D eigenvalue weighted by atomic mass is 35.5. The van der Waals surface area contributed by atoms with Crippen LogP contribution in [0.4, 0.5) is 5.69 Å². The lowest BCUT2D eigenvalue weighted by Crippen LogP contribution is -2.12. The second kappa shape index (κ2) is 9.70. The van der Waals surface area contributed by atoms with E-state index in [4.69, 9.17) is 18.9 Å². The fourth-order valence-electron chi connectivity index (χ4n) is 3.50. The summed E-state index contributed by atoms with van der Waals surface area (Å²) in [6.45, 7) is 1.05. The lowest BCUT2D eigenvalue weighted by molar-refractivity contribution is 0.102. The first-order valence-electron chi connectivity index (χ1n) is 10.2. The van der Waals surface area contributed by atoms with Gasteiger partial charge in [-0.25, -0.2) is 4.98 Å². The molecule has 0 aliphatic carbocycles. The van der Waals surface area contributed by atoms with Crippen LogP contribution in [0.1, 0.15) is 16.8 Å². The van der Waals surface area contributed by atoms with Crippen LogP contribution in [0.3, 0.4) is 0 Å². The summed E-state index contributed by atoms with van der Waals surface area (Å²) in [5, 5.41) is 3.80. The van der Waals surface area contributed by atoms with Crippen LogP contribution in [0.25, 0.3) is 10.9 Å². The van der Waals surface area contributed by atoms with Crippen LogP contribution in [-0.4, -0.2) is 36.2 Å². The Labute approximate surface area is 196 Å². The number of halogens is 1. The van der Waals surface area contributed by atoms with E-state index < -0.39 is 0 Å². The zero-order chi connectivity index (χ0) is 21.9. The van der Waals surface area contributed by atoms with E-state index in [1.807, 2.05) is 30.5 Å². The van der Waals surface area contributed by atoms with Gasteiger partial charge < -0.3 is 29.2 Å². The molecule has 0 bridgehead atoms. The van der Waals surface area contributed by atoms with Gasteiger partial charge in [0.1, 0.15) is 5.75 Å². The van der Waals surface area contributed by atoms with Crippen LogP contribution >= 0.6 is 12.4 Å². The van der Waals surface area contributed by atoms with E-state index in [2.05, 4.69) is 15.3 Å². The Morgan fingerprint density at radius 1 is 1.09 bits per heavy atom. The maximum atomic E-state index is 12.8. The van der Waals surface area contributed by atoms with Gasteiger partial charge >= 0.3 is 0 Å². The number of ether oxygens (including phenoxy) is 4. The molecule has 0 fully saturated rings. The van der Waals surface area contributed by atoms with E-state index in [1.54, 1.807) is 30.5 Å². The Morgan fingerprint density at radius 2 is 1.97 bits per heavy atom. The molecule has 5 rings (SSSR count).